The molecule has 0 aliphatic heterocycles. The Labute approximate surface area is 189 Å². The molecule has 3 aromatic rings. The lowest BCUT2D eigenvalue weighted by Crippen LogP contribution is -2.34. The second-order valence-electron chi connectivity index (χ2n) is 6.89. The molecule has 1 unspecified atom stereocenters. The Morgan fingerprint density at radius 3 is 2.09 bits per heavy atom. The first kappa shape index (κ1) is 23.5. The van der Waals surface area contributed by atoms with Gasteiger partial charge >= 0.3 is 11.9 Å². The normalized spacial score (nSPS) is 12.1. The standard InChI is InChI=1S/C22H21N3O7S/c1-32-16-9-5-14(6-10-16)20(19(21(26)27)22(28)29)24-15-7-11-17(12-8-15)33(30,31)25-18-4-2-3-13-23-18/h2-13,19-20,24H,1H3,(H,23,25)(H,26,27)(H,28,29). The number of hydrogen-bond acceptors (Lipinski definition) is 7. The van der Waals surface area contributed by atoms with Crippen LogP contribution in [0.3, 0.4) is 0 Å². The van der Waals surface area contributed by atoms with Crippen LogP contribution >= 0.6 is 0 Å². The summed E-state index contributed by atoms with van der Waals surface area (Å²) >= 11 is 0. The van der Waals surface area contributed by atoms with Gasteiger partial charge in [0.25, 0.3) is 10.0 Å². The van der Waals surface area contributed by atoms with Crippen molar-refractivity contribution in [2.75, 3.05) is 17.1 Å². The van der Waals surface area contributed by atoms with E-state index in [9.17, 15) is 28.2 Å². The van der Waals surface area contributed by atoms with Gasteiger partial charge in [-0.1, -0.05) is 18.2 Å². The van der Waals surface area contributed by atoms with Crippen LogP contribution in [0.1, 0.15) is 11.6 Å². The van der Waals surface area contributed by atoms with Crippen LogP contribution in [-0.2, 0) is 19.6 Å². The summed E-state index contributed by atoms with van der Waals surface area (Å²) in [5.74, 6) is -4.16. The Balaban J connectivity index is 1.88. The molecule has 172 valence electrons. The van der Waals surface area contributed by atoms with Gasteiger partial charge < -0.3 is 20.3 Å². The van der Waals surface area contributed by atoms with Crippen LogP contribution in [0.25, 0.3) is 0 Å². The number of benzene rings is 2. The number of hydrogen-bond donors (Lipinski definition) is 4. The number of sulfonamides is 1. The lowest BCUT2D eigenvalue weighted by molar-refractivity contribution is -0.155. The van der Waals surface area contributed by atoms with Gasteiger partial charge in [-0.05, 0) is 54.1 Å². The summed E-state index contributed by atoms with van der Waals surface area (Å²) < 4.78 is 32.6. The third kappa shape index (κ3) is 5.77. The number of nitrogens with one attached hydrogen (secondary N) is 2. The number of ether oxygens (including phenoxy) is 1. The predicted octanol–water partition coefficient (Wildman–Crippen LogP) is 2.83. The zero-order valence-corrected chi connectivity index (χ0v) is 18.2. The number of anilines is 2. The van der Waals surface area contributed by atoms with Crippen molar-refractivity contribution in [3.05, 3.63) is 78.5 Å². The van der Waals surface area contributed by atoms with Crippen molar-refractivity contribution in [1.29, 1.82) is 0 Å². The minimum atomic E-state index is -3.90. The number of rotatable bonds is 10. The van der Waals surface area contributed by atoms with Gasteiger partial charge in [0.15, 0.2) is 5.92 Å². The molecule has 0 aliphatic carbocycles. The molecule has 33 heavy (non-hydrogen) atoms. The highest BCUT2D eigenvalue weighted by molar-refractivity contribution is 7.92. The third-order valence-corrected chi connectivity index (χ3v) is 6.10. The Bertz CT molecular complexity index is 1200. The Morgan fingerprint density at radius 2 is 1.58 bits per heavy atom. The van der Waals surface area contributed by atoms with Crippen LogP contribution in [0.2, 0.25) is 0 Å². The van der Waals surface area contributed by atoms with Crippen molar-refractivity contribution in [3.8, 4) is 5.75 Å². The van der Waals surface area contributed by atoms with E-state index in [1.807, 2.05) is 0 Å². The maximum absolute atomic E-state index is 12.6. The van der Waals surface area contributed by atoms with Gasteiger partial charge in [0.2, 0.25) is 0 Å². The van der Waals surface area contributed by atoms with Crippen molar-refractivity contribution in [2.24, 2.45) is 5.92 Å². The average molecular weight is 471 g/mol. The number of aromatic nitrogens is 1. The zero-order chi connectivity index (χ0) is 24.0. The molecule has 10 nitrogen and oxygen atoms in total. The molecule has 3 rings (SSSR count). The van der Waals surface area contributed by atoms with E-state index in [-0.39, 0.29) is 10.7 Å². The molecule has 0 saturated heterocycles. The zero-order valence-electron chi connectivity index (χ0n) is 17.4. The van der Waals surface area contributed by atoms with Crippen LogP contribution < -0.4 is 14.8 Å². The molecule has 1 atom stereocenters. The Morgan fingerprint density at radius 1 is 0.939 bits per heavy atom. The molecule has 1 heterocycles. The minimum absolute atomic E-state index is 0.0484. The highest BCUT2D eigenvalue weighted by Crippen LogP contribution is 2.30. The number of carboxylic acid groups (broad SMARTS) is 2. The molecule has 2 aromatic carbocycles. The first-order chi connectivity index (χ1) is 15.7. The van der Waals surface area contributed by atoms with Crippen molar-refractivity contribution in [1.82, 2.24) is 4.98 Å². The van der Waals surface area contributed by atoms with E-state index in [1.54, 1.807) is 36.4 Å². The quantitative estimate of drug-likeness (QED) is 0.327. The number of methoxy groups -OCH3 is 1. The summed E-state index contributed by atoms with van der Waals surface area (Å²) in [5, 5.41) is 21.9. The predicted molar refractivity (Wildman–Crippen MR) is 120 cm³/mol. The number of aliphatic carboxylic acids is 2. The highest BCUT2D eigenvalue weighted by atomic mass is 32.2. The molecule has 0 radical (unpaired) electrons. The molecule has 0 aliphatic rings. The van der Waals surface area contributed by atoms with Gasteiger partial charge in [0.1, 0.15) is 11.6 Å². The van der Waals surface area contributed by atoms with Crippen LogP contribution in [0.5, 0.6) is 5.75 Å². The smallest absolute Gasteiger partial charge is 0.320 e. The molecule has 0 spiro atoms. The second-order valence-corrected chi connectivity index (χ2v) is 8.58. The Hall–Kier alpha value is -4.12. The molecule has 4 N–H and O–H groups in total. The van der Waals surface area contributed by atoms with Crippen molar-refractivity contribution < 1.29 is 33.0 Å². The van der Waals surface area contributed by atoms with Crippen LogP contribution in [-0.4, -0.2) is 42.7 Å². The summed E-state index contributed by atoms with van der Waals surface area (Å²) in [6.45, 7) is 0. The number of nitrogens with zero attached hydrogens (tertiary/aromatic N) is 1. The molecular formula is C22H21N3O7S. The maximum Gasteiger partial charge on any atom is 0.320 e. The fraction of sp³-hybridized carbons (Fsp3) is 0.136. The Kier molecular flexibility index (Phi) is 7.13. The summed E-state index contributed by atoms with van der Waals surface area (Å²) in [4.78, 5) is 27.3. The molecular weight excluding hydrogens is 450 g/mol. The molecule has 0 bridgehead atoms. The lowest BCUT2D eigenvalue weighted by atomic mass is 9.92. The maximum atomic E-state index is 12.6. The topological polar surface area (TPSA) is 155 Å². The van der Waals surface area contributed by atoms with Gasteiger partial charge in [0, 0.05) is 11.9 Å². The van der Waals surface area contributed by atoms with Crippen molar-refractivity contribution in [2.45, 2.75) is 10.9 Å². The third-order valence-electron chi connectivity index (χ3n) is 4.73. The van der Waals surface area contributed by atoms with Gasteiger partial charge in [0.05, 0.1) is 18.0 Å². The molecule has 11 heteroatoms. The fourth-order valence-corrected chi connectivity index (χ4v) is 4.10. The van der Waals surface area contributed by atoms with Crippen molar-refractivity contribution in [3.63, 3.8) is 0 Å². The number of carboxylic acids is 2. The lowest BCUT2D eigenvalue weighted by Gasteiger charge is -2.24. The van der Waals surface area contributed by atoms with E-state index in [4.69, 9.17) is 4.74 Å². The first-order valence-electron chi connectivity index (χ1n) is 9.61. The van der Waals surface area contributed by atoms with Crippen molar-refractivity contribution >= 4 is 33.5 Å². The summed E-state index contributed by atoms with van der Waals surface area (Å²) in [6.07, 6.45) is 1.45. The van der Waals surface area contributed by atoms with Gasteiger partial charge in [-0.3, -0.25) is 14.3 Å². The van der Waals surface area contributed by atoms with E-state index < -0.39 is 33.9 Å². The summed E-state index contributed by atoms with van der Waals surface area (Å²) in [7, 11) is -2.43. The van der Waals surface area contributed by atoms with Gasteiger partial charge in [-0.2, -0.15) is 0 Å². The highest BCUT2D eigenvalue weighted by Gasteiger charge is 2.36. The largest absolute Gasteiger partial charge is 0.497 e. The van der Waals surface area contributed by atoms with E-state index in [0.29, 0.717) is 17.0 Å². The van der Waals surface area contributed by atoms with E-state index in [2.05, 4.69) is 15.0 Å². The number of carbonyl (C=O) groups is 2. The van der Waals surface area contributed by atoms with Gasteiger partial charge in [-0.15, -0.1) is 0 Å². The van der Waals surface area contributed by atoms with Gasteiger partial charge in [-0.25, -0.2) is 13.4 Å². The summed E-state index contributed by atoms with van der Waals surface area (Å²) in [6, 6.07) is 15.4. The van der Waals surface area contributed by atoms with E-state index >= 15 is 0 Å². The fourth-order valence-electron chi connectivity index (χ4n) is 3.09. The SMILES string of the molecule is COc1ccc(C(Nc2ccc(S(=O)(=O)Nc3ccccn3)cc2)C(C(=O)O)C(=O)O)cc1. The molecule has 1 aromatic heterocycles. The average Bonchev–Trinajstić information content (AvgIpc) is 2.79. The molecule has 0 fully saturated rings. The summed E-state index contributed by atoms with van der Waals surface area (Å²) in [5.41, 5.74) is 0.735. The first-order valence-corrected chi connectivity index (χ1v) is 11.1. The van der Waals surface area contributed by atoms with Crippen LogP contribution in [0.4, 0.5) is 11.5 Å². The van der Waals surface area contributed by atoms with Crippen LogP contribution in [0.15, 0.2) is 77.8 Å². The minimum Gasteiger partial charge on any atom is -0.497 e. The van der Waals surface area contributed by atoms with E-state index in [0.717, 1.165) is 0 Å². The molecule has 0 saturated carbocycles. The number of pyridine rings is 1. The second kappa shape index (κ2) is 10.0. The van der Waals surface area contributed by atoms with E-state index in [1.165, 1.54) is 43.6 Å². The monoisotopic (exact) mass is 471 g/mol. The van der Waals surface area contributed by atoms with Crippen LogP contribution in [0, 0.1) is 5.92 Å². The molecule has 0 amide bonds.